The van der Waals surface area contributed by atoms with Crippen molar-refractivity contribution in [2.45, 2.75) is 5.92 Å². The molecule has 1 atom stereocenters. The number of nitro groups is 1. The lowest BCUT2D eigenvalue weighted by molar-refractivity contribution is -0.384. The number of fused-ring (bicyclic) bond motifs is 1. The van der Waals surface area contributed by atoms with Gasteiger partial charge in [-0.1, -0.05) is 24.3 Å². The average molecular weight is 389 g/mol. The van der Waals surface area contributed by atoms with Gasteiger partial charge in [-0.15, -0.1) is 5.10 Å². The topological polar surface area (TPSA) is 140 Å². The molecule has 0 saturated carbocycles. The summed E-state index contributed by atoms with van der Waals surface area (Å²) in [5, 5.41) is 27.9. The van der Waals surface area contributed by atoms with Crippen molar-refractivity contribution in [2.75, 3.05) is 7.11 Å². The van der Waals surface area contributed by atoms with Gasteiger partial charge in [0.25, 0.3) is 5.69 Å². The molecule has 0 amide bonds. The van der Waals surface area contributed by atoms with Crippen LogP contribution in [-0.4, -0.2) is 22.2 Å². The molecule has 3 aromatic rings. The molecule has 0 fully saturated rings. The van der Waals surface area contributed by atoms with E-state index < -0.39 is 10.8 Å². The Morgan fingerprint density at radius 3 is 2.72 bits per heavy atom. The van der Waals surface area contributed by atoms with E-state index in [9.17, 15) is 15.4 Å². The normalized spacial score (nSPS) is 15.2. The van der Waals surface area contributed by atoms with Crippen LogP contribution in [0.5, 0.6) is 11.6 Å². The molecular weight excluding hydrogens is 374 g/mol. The number of hydrogen-bond donors (Lipinski definition) is 2. The molecule has 1 aliphatic rings. The van der Waals surface area contributed by atoms with Gasteiger partial charge >= 0.3 is 0 Å². The van der Waals surface area contributed by atoms with Gasteiger partial charge in [0.1, 0.15) is 17.4 Å². The summed E-state index contributed by atoms with van der Waals surface area (Å²) in [7, 11) is 1.57. The van der Waals surface area contributed by atoms with Crippen molar-refractivity contribution in [1.82, 2.24) is 10.2 Å². The first kappa shape index (κ1) is 18.1. The van der Waals surface area contributed by atoms with E-state index in [4.69, 9.17) is 15.2 Å². The van der Waals surface area contributed by atoms with Crippen molar-refractivity contribution in [3.63, 3.8) is 0 Å². The predicted molar refractivity (Wildman–Crippen MR) is 103 cm³/mol. The molecule has 0 unspecified atom stereocenters. The van der Waals surface area contributed by atoms with E-state index >= 15 is 0 Å². The number of nitrogens with zero attached hydrogens (tertiary/aromatic N) is 3. The Labute approximate surface area is 165 Å². The lowest BCUT2D eigenvalue weighted by atomic mass is 9.83. The van der Waals surface area contributed by atoms with Crippen LogP contribution in [0.15, 0.2) is 60.0 Å². The maximum absolute atomic E-state index is 11.2. The Morgan fingerprint density at radius 1 is 1.31 bits per heavy atom. The van der Waals surface area contributed by atoms with E-state index in [2.05, 4.69) is 16.3 Å². The summed E-state index contributed by atoms with van der Waals surface area (Å²) in [6.45, 7) is 0. The minimum Gasteiger partial charge on any atom is -0.497 e. The summed E-state index contributed by atoms with van der Waals surface area (Å²) in [4.78, 5) is 10.7. The quantitative estimate of drug-likeness (QED) is 0.515. The summed E-state index contributed by atoms with van der Waals surface area (Å²) in [6.07, 6.45) is 0. The van der Waals surface area contributed by atoms with Crippen LogP contribution in [0.1, 0.15) is 17.0 Å². The number of methoxy groups -OCH3 is 1. The maximum Gasteiger partial charge on any atom is 0.270 e. The number of nitrogens with two attached hydrogens (primary N) is 1. The largest absolute Gasteiger partial charge is 0.497 e. The van der Waals surface area contributed by atoms with Gasteiger partial charge in [-0.2, -0.15) is 5.26 Å². The molecule has 2 heterocycles. The minimum absolute atomic E-state index is 0.0297. The lowest BCUT2D eigenvalue weighted by Gasteiger charge is -2.24. The molecule has 1 aromatic heterocycles. The standard InChI is InChI=1S/C20H15N5O4/c1-28-14-7-5-11(6-8-14)16-15(10-21)19(22)29-20-17(16)18(23-24-20)12-3-2-4-13(9-12)25(26)27/h2-9,16H,22H2,1H3,(H,23,24)/t16-/m1/s1. The number of non-ortho nitro benzene ring substituents is 1. The maximum atomic E-state index is 11.2. The highest BCUT2D eigenvalue weighted by Crippen LogP contribution is 2.46. The smallest absolute Gasteiger partial charge is 0.270 e. The van der Waals surface area contributed by atoms with Gasteiger partial charge in [0.05, 0.1) is 29.2 Å². The van der Waals surface area contributed by atoms with Gasteiger partial charge in [0.15, 0.2) is 0 Å². The fourth-order valence-corrected chi connectivity index (χ4v) is 3.37. The predicted octanol–water partition coefficient (Wildman–Crippen LogP) is 3.21. The van der Waals surface area contributed by atoms with E-state index in [1.165, 1.54) is 12.1 Å². The average Bonchev–Trinajstić information content (AvgIpc) is 3.16. The molecule has 29 heavy (non-hydrogen) atoms. The molecular formula is C20H15N5O4. The van der Waals surface area contributed by atoms with Crippen molar-refractivity contribution >= 4 is 5.69 Å². The highest BCUT2D eigenvalue weighted by atomic mass is 16.6. The zero-order chi connectivity index (χ0) is 20.5. The second kappa shape index (κ2) is 7.01. The van der Waals surface area contributed by atoms with Crippen LogP contribution >= 0.6 is 0 Å². The summed E-state index contributed by atoms with van der Waals surface area (Å²) >= 11 is 0. The zero-order valence-electron chi connectivity index (χ0n) is 15.2. The molecule has 0 saturated heterocycles. The summed E-state index contributed by atoms with van der Waals surface area (Å²) in [6, 6.07) is 15.5. The van der Waals surface area contributed by atoms with Crippen molar-refractivity contribution < 1.29 is 14.4 Å². The highest BCUT2D eigenvalue weighted by Gasteiger charge is 2.35. The SMILES string of the molecule is COc1ccc([C@@H]2C(C#N)=C(N)Oc3n[nH]c(-c4cccc([N+](=O)[O-])c4)c32)cc1. The van der Waals surface area contributed by atoms with E-state index in [0.717, 1.165) is 5.56 Å². The highest BCUT2D eigenvalue weighted by molar-refractivity contribution is 5.72. The van der Waals surface area contributed by atoms with Crippen molar-refractivity contribution in [1.29, 1.82) is 5.26 Å². The zero-order valence-corrected chi connectivity index (χ0v) is 15.2. The number of H-pyrrole nitrogens is 1. The molecule has 1 aliphatic heterocycles. The van der Waals surface area contributed by atoms with Crippen LogP contribution in [-0.2, 0) is 0 Å². The molecule has 0 aliphatic carbocycles. The Hall–Kier alpha value is -4.32. The summed E-state index contributed by atoms with van der Waals surface area (Å²) in [5.74, 6) is 0.312. The van der Waals surface area contributed by atoms with Crippen LogP contribution in [0.2, 0.25) is 0 Å². The van der Waals surface area contributed by atoms with Crippen molar-refractivity contribution in [2.24, 2.45) is 5.73 Å². The van der Waals surface area contributed by atoms with E-state index in [0.29, 0.717) is 22.6 Å². The van der Waals surface area contributed by atoms with Crippen molar-refractivity contribution in [3.05, 3.63) is 81.2 Å². The Morgan fingerprint density at radius 2 is 2.07 bits per heavy atom. The van der Waals surface area contributed by atoms with E-state index in [-0.39, 0.29) is 23.0 Å². The number of allylic oxidation sites excluding steroid dienone is 1. The van der Waals surface area contributed by atoms with Crippen LogP contribution in [0.4, 0.5) is 5.69 Å². The van der Waals surface area contributed by atoms with Gasteiger partial charge in [-0.3, -0.25) is 15.2 Å². The number of nitriles is 1. The molecule has 0 spiro atoms. The first-order valence-electron chi connectivity index (χ1n) is 8.58. The second-order valence-electron chi connectivity index (χ2n) is 6.32. The molecule has 0 radical (unpaired) electrons. The van der Waals surface area contributed by atoms with Crippen LogP contribution in [0.3, 0.4) is 0 Å². The lowest BCUT2D eigenvalue weighted by Crippen LogP contribution is -2.21. The molecule has 4 rings (SSSR count). The number of rotatable bonds is 4. The second-order valence-corrected chi connectivity index (χ2v) is 6.32. The Balaban J connectivity index is 1.91. The first-order chi connectivity index (χ1) is 14.0. The minimum atomic E-state index is -0.553. The first-order valence-corrected chi connectivity index (χ1v) is 8.58. The van der Waals surface area contributed by atoms with E-state index in [1.54, 1.807) is 31.4 Å². The van der Waals surface area contributed by atoms with Crippen LogP contribution in [0.25, 0.3) is 11.3 Å². The molecule has 0 bridgehead atoms. The third-order valence-electron chi connectivity index (χ3n) is 4.73. The fourth-order valence-electron chi connectivity index (χ4n) is 3.37. The Bertz CT molecular complexity index is 1170. The fraction of sp³-hybridized carbons (Fsp3) is 0.100. The van der Waals surface area contributed by atoms with Crippen LogP contribution in [0, 0.1) is 21.4 Å². The van der Waals surface area contributed by atoms with Gasteiger partial charge in [-0.25, -0.2) is 0 Å². The number of aromatic amines is 1. The Kier molecular flexibility index (Phi) is 4.37. The van der Waals surface area contributed by atoms with Crippen molar-refractivity contribution in [3.8, 4) is 29.0 Å². The number of nitrogens with one attached hydrogen (secondary N) is 1. The number of hydrogen-bond acceptors (Lipinski definition) is 7. The monoisotopic (exact) mass is 389 g/mol. The number of aromatic nitrogens is 2. The van der Waals surface area contributed by atoms with Gasteiger partial charge < -0.3 is 15.2 Å². The number of nitro benzene ring substituents is 1. The van der Waals surface area contributed by atoms with E-state index in [1.807, 2.05) is 12.1 Å². The van der Waals surface area contributed by atoms with Gasteiger partial charge in [-0.05, 0) is 17.7 Å². The van der Waals surface area contributed by atoms with Gasteiger partial charge in [0, 0.05) is 17.7 Å². The molecule has 2 aromatic carbocycles. The number of benzene rings is 2. The van der Waals surface area contributed by atoms with Crippen LogP contribution < -0.4 is 15.2 Å². The third-order valence-corrected chi connectivity index (χ3v) is 4.73. The molecule has 3 N–H and O–H groups in total. The molecule has 144 valence electrons. The summed E-state index contributed by atoms with van der Waals surface area (Å²) in [5.41, 5.74) is 8.58. The summed E-state index contributed by atoms with van der Waals surface area (Å²) < 4.78 is 10.8. The molecule has 9 heteroatoms. The molecule has 9 nitrogen and oxygen atoms in total. The number of ether oxygens (including phenoxy) is 2. The third kappa shape index (κ3) is 3.02. The van der Waals surface area contributed by atoms with Gasteiger partial charge in [0.2, 0.25) is 11.8 Å².